The van der Waals surface area contributed by atoms with Gasteiger partial charge in [0.2, 0.25) is 5.91 Å². The molecule has 4 aromatic rings. The van der Waals surface area contributed by atoms with E-state index in [0.717, 1.165) is 39.7 Å². The summed E-state index contributed by atoms with van der Waals surface area (Å²) in [6.45, 7) is 5.64. The van der Waals surface area contributed by atoms with Crippen molar-refractivity contribution < 1.29 is 14.3 Å². The predicted octanol–water partition coefficient (Wildman–Crippen LogP) is 5.41. The molecule has 8 nitrogen and oxygen atoms in total. The van der Waals surface area contributed by atoms with E-state index in [1.54, 1.807) is 18.3 Å². The summed E-state index contributed by atoms with van der Waals surface area (Å²) in [5, 5.41) is 6.91. The number of pyridine rings is 1. The van der Waals surface area contributed by atoms with Crippen LogP contribution in [0.1, 0.15) is 52.0 Å². The Balaban J connectivity index is 1.60. The second-order valence-electron chi connectivity index (χ2n) is 9.43. The SMILES string of the molecule is COC(=O)c1ccc(-n2c(C)cc([C@H]3[C@H](c4ccccn4)NC(=S)N3c3ccc(NC(C)=O)cc3)c2C)cc1. The summed E-state index contributed by atoms with van der Waals surface area (Å²) >= 11 is 5.87. The highest BCUT2D eigenvalue weighted by Crippen LogP contribution is 2.44. The van der Waals surface area contributed by atoms with Crippen molar-refractivity contribution in [2.75, 3.05) is 17.3 Å². The number of amides is 1. The number of benzene rings is 2. The predicted molar refractivity (Wildman–Crippen MR) is 155 cm³/mol. The highest BCUT2D eigenvalue weighted by Gasteiger charge is 2.42. The van der Waals surface area contributed by atoms with Crippen molar-refractivity contribution in [3.05, 3.63) is 107 Å². The number of carbonyl (C=O) groups is 2. The van der Waals surface area contributed by atoms with E-state index < -0.39 is 0 Å². The van der Waals surface area contributed by atoms with Gasteiger partial charge in [-0.1, -0.05) is 6.07 Å². The first-order valence-electron chi connectivity index (χ1n) is 12.5. The Kier molecular flexibility index (Phi) is 7.17. The molecular weight excluding hydrogens is 510 g/mol. The maximum absolute atomic E-state index is 11.9. The highest BCUT2D eigenvalue weighted by molar-refractivity contribution is 7.80. The average Bonchev–Trinajstić information content (AvgIpc) is 3.43. The Morgan fingerprint density at radius 1 is 1.00 bits per heavy atom. The summed E-state index contributed by atoms with van der Waals surface area (Å²) in [5.74, 6) is -0.492. The molecule has 2 aromatic heterocycles. The van der Waals surface area contributed by atoms with E-state index in [1.807, 2.05) is 54.6 Å². The van der Waals surface area contributed by atoms with Crippen LogP contribution >= 0.6 is 12.2 Å². The van der Waals surface area contributed by atoms with Crippen LogP contribution < -0.4 is 15.5 Å². The summed E-state index contributed by atoms with van der Waals surface area (Å²) in [7, 11) is 1.37. The van der Waals surface area contributed by atoms with Gasteiger partial charge in [0.15, 0.2) is 5.11 Å². The lowest BCUT2D eigenvalue weighted by molar-refractivity contribution is -0.114. The van der Waals surface area contributed by atoms with E-state index in [0.29, 0.717) is 10.7 Å². The van der Waals surface area contributed by atoms with Crippen LogP contribution in [-0.4, -0.2) is 33.6 Å². The third kappa shape index (κ3) is 5.00. The van der Waals surface area contributed by atoms with Gasteiger partial charge in [-0.15, -0.1) is 0 Å². The molecule has 2 atom stereocenters. The molecule has 1 aliphatic heterocycles. The van der Waals surface area contributed by atoms with Crippen LogP contribution in [0.2, 0.25) is 0 Å². The molecule has 9 heteroatoms. The molecule has 1 saturated heterocycles. The summed E-state index contributed by atoms with van der Waals surface area (Å²) in [5.41, 5.74) is 7.14. The smallest absolute Gasteiger partial charge is 0.337 e. The van der Waals surface area contributed by atoms with Gasteiger partial charge in [-0.2, -0.15) is 0 Å². The number of nitrogens with zero attached hydrogens (tertiary/aromatic N) is 3. The fourth-order valence-corrected chi connectivity index (χ4v) is 5.55. The normalized spacial score (nSPS) is 16.6. The van der Waals surface area contributed by atoms with Crippen molar-refractivity contribution in [3.8, 4) is 5.69 Å². The maximum atomic E-state index is 11.9. The van der Waals surface area contributed by atoms with Crippen LogP contribution in [0.3, 0.4) is 0 Å². The van der Waals surface area contributed by atoms with E-state index in [2.05, 4.69) is 45.0 Å². The Morgan fingerprint density at radius 3 is 2.31 bits per heavy atom. The lowest BCUT2D eigenvalue weighted by Crippen LogP contribution is -2.29. The molecule has 1 aliphatic rings. The molecule has 0 radical (unpaired) electrons. The van der Waals surface area contributed by atoms with E-state index in [-0.39, 0.29) is 24.0 Å². The number of aromatic nitrogens is 2. The van der Waals surface area contributed by atoms with Crippen LogP contribution in [0.25, 0.3) is 5.69 Å². The molecule has 0 aliphatic carbocycles. The molecule has 2 N–H and O–H groups in total. The Hall–Kier alpha value is -4.50. The number of ether oxygens (including phenoxy) is 1. The first-order valence-corrected chi connectivity index (χ1v) is 12.9. The zero-order valence-corrected chi connectivity index (χ0v) is 23.0. The largest absolute Gasteiger partial charge is 0.465 e. The first-order chi connectivity index (χ1) is 18.8. The maximum Gasteiger partial charge on any atom is 0.337 e. The fourth-order valence-electron chi connectivity index (χ4n) is 5.21. The van der Waals surface area contributed by atoms with Gasteiger partial charge in [-0.25, -0.2) is 4.79 Å². The number of carbonyl (C=O) groups excluding carboxylic acids is 2. The minimum atomic E-state index is -0.368. The monoisotopic (exact) mass is 539 g/mol. The van der Waals surface area contributed by atoms with Gasteiger partial charge >= 0.3 is 5.97 Å². The fraction of sp³-hybridized carbons (Fsp3) is 0.200. The summed E-state index contributed by atoms with van der Waals surface area (Å²) < 4.78 is 7.02. The molecule has 5 rings (SSSR count). The van der Waals surface area contributed by atoms with E-state index >= 15 is 0 Å². The molecule has 0 spiro atoms. The van der Waals surface area contributed by atoms with Crippen LogP contribution in [-0.2, 0) is 9.53 Å². The van der Waals surface area contributed by atoms with E-state index in [1.165, 1.54) is 14.0 Å². The molecule has 0 bridgehead atoms. The Morgan fingerprint density at radius 2 is 1.69 bits per heavy atom. The zero-order valence-electron chi connectivity index (χ0n) is 22.1. The van der Waals surface area contributed by atoms with Gasteiger partial charge in [0, 0.05) is 41.6 Å². The van der Waals surface area contributed by atoms with Crippen LogP contribution in [0.5, 0.6) is 0 Å². The number of esters is 1. The van der Waals surface area contributed by atoms with E-state index in [9.17, 15) is 9.59 Å². The minimum Gasteiger partial charge on any atom is -0.465 e. The van der Waals surface area contributed by atoms with Crippen molar-refractivity contribution in [2.24, 2.45) is 0 Å². The second kappa shape index (κ2) is 10.7. The van der Waals surface area contributed by atoms with Crippen LogP contribution in [0.15, 0.2) is 79.0 Å². The molecule has 3 heterocycles. The summed E-state index contributed by atoms with van der Waals surface area (Å²) in [6, 6.07) is 22.7. The first kappa shape index (κ1) is 26.1. The molecule has 1 amide bonds. The summed E-state index contributed by atoms with van der Waals surface area (Å²) in [4.78, 5) is 30.2. The molecule has 1 fully saturated rings. The van der Waals surface area contributed by atoms with Crippen molar-refractivity contribution in [2.45, 2.75) is 32.9 Å². The minimum absolute atomic E-state index is 0.124. The van der Waals surface area contributed by atoms with E-state index in [4.69, 9.17) is 17.0 Å². The number of anilines is 2. The quantitative estimate of drug-likeness (QED) is 0.250. The summed E-state index contributed by atoms with van der Waals surface area (Å²) in [6.07, 6.45) is 1.79. The third-order valence-electron chi connectivity index (χ3n) is 6.90. The zero-order chi connectivity index (χ0) is 27.7. The van der Waals surface area contributed by atoms with Crippen LogP contribution in [0, 0.1) is 13.8 Å². The number of methoxy groups -OCH3 is 1. The number of aryl methyl sites for hydroxylation is 1. The van der Waals surface area contributed by atoms with Crippen molar-refractivity contribution in [1.29, 1.82) is 0 Å². The molecular formula is C30H29N5O3S. The number of hydrogen-bond acceptors (Lipinski definition) is 5. The number of thiocarbonyl (C=S) groups is 1. The standard InChI is InChI=1S/C30H29N5O3S/c1-18-17-25(19(2)34(18)23-12-8-21(9-13-23)29(37)38-4)28-27(26-7-5-6-16-31-26)33-30(39)35(28)24-14-10-22(11-15-24)32-20(3)36/h5-17,27-28H,1-4H3,(H,32,36)(H,33,39)/t27-,28-/m0/s1. The van der Waals surface area contributed by atoms with Gasteiger partial charge in [-0.05, 0) is 98.4 Å². The van der Waals surface area contributed by atoms with Crippen molar-refractivity contribution in [3.63, 3.8) is 0 Å². The number of rotatable bonds is 6. The van der Waals surface area contributed by atoms with Gasteiger partial charge in [-0.3, -0.25) is 9.78 Å². The van der Waals surface area contributed by atoms with Crippen molar-refractivity contribution >= 4 is 40.6 Å². The number of hydrogen-bond donors (Lipinski definition) is 2. The van der Waals surface area contributed by atoms with Gasteiger partial charge < -0.3 is 24.8 Å². The Bertz CT molecular complexity index is 1530. The lowest BCUT2D eigenvalue weighted by atomic mass is 9.96. The average molecular weight is 540 g/mol. The third-order valence-corrected chi connectivity index (χ3v) is 7.21. The van der Waals surface area contributed by atoms with Gasteiger partial charge in [0.25, 0.3) is 0 Å². The van der Waals surface area contributed by atoms with Crippen molar-refractivity contribution in [1.82, 2.24) is 14.9 Å². The van der Waals surface area contributed by atoms with Gasteiger partial charge in [0.05, 0.1) is 30.5 Å². The highest BCUT2D eigenvalue weighted by atomic mass is 32.1. The topological polar surface area (TPSA) is 88.5 Å². The molecule has 39 heavy (non-hydrogen) atoms. The van der Waals surface area contributed by atoms with Gasteiger partial charge in [0.1, 0.15) is 0 Å². The van der Waals surface area contributed by atoms with Crippen LogP contribution in [0.4, 0.5) is 11.4 Å². The lowest BCUT2D eigenvalue weighted by Gasteiger charge is -2.28. The number of nitrogens with one attached hydrogen (secondary N) is 2. The molecule has 2 aromatic carbocycles. The second-order valence-corrected chi connectivity index (χ2v) is 9.81. The Labute approximate surface area is 232 Å². The molecule has 0 unspecified atom stereocenters. The molecule has 198 valence electrons. The molecule has 0 saturated carbocycles.